The summed E-state index contributed by atoms with van der Waals surface area (Å²) < 4.78 is 1.82. The van der Waals surface area contributed by atoms with E-state index in [1.807, 2.05) is 9.47 Å². The van der Waals surface area contributed by atoms with E-state index in [1.165, 1.54) is 25.5 Å². The second-order valence-electron chi connectivity index (χ2n) is 6.65. The molecule has 118 valence electrons. The zero-order chi connectivity index (χ0) is 15.3. The smallest absolute Gasteiger partial charge is 0.266 e. The van der Waals surface area contributed by atoms with Crippen LogP contribution in [0.1, 0.15) is 35.6 Å². The first-order valence-electron chi connectivity index (χ1n) is 7.98. The maximum Gasteiger partial charge on any atom is 0.266 e. The van der Waals surface area contributed by atoms with Crippen molar-refractivity contribution in [1.29, 1.82) is 0 Å². The monoisotopic (exact) mass is 303 g/mol. The van der Waals surface area contributed by atoms with Crippen LogP contribution in [0, 0.1) is 5.92 Å². The molecule has 7 nitrogen and oxygen atoms in total. The largest absolute Gasteiger partial charge is 0.364 e. The van der Waals surface area contributed by atoms with Crippen molar-refractivity contribution in [2.45, 2.75) is 38.4 Å². The number of nitrogens with zero attached hydrogens (tertiary/aromatic N) is 4. The first-order chi connectivity index (χ1) is 10.6. The molecule has 1 aromatic heterocycles. The lowest BCUT2D eigenvalue weighted by Crippen LogP contribution is -2.46. The van der Waals surface area contributed by atoms with Gasteiger partial charge in [-0.25, -0.2) is 4.98 Å². The third-order valence-corrected chi connectivity index (χ3v) is 5.33. The fourth-order valence-corrected chi connectivity index (χ4v) is 4.16. The number of aromatic nitrogens is 2. The number of rotatable bonds is 3. The summed E-state index contributed by atoms with van der Waals surface area (Å²) in [6, 6.07) is 0.613. The molecule has 1 saturated carbocycles. The molecule has 22 heavy (non-hydrogen) atoms. The first kappa shape index (κ1) is 13.8. The van der Waals surface area contributed by atoms with Gasteiger partial charge in [0, 0.05) is 25.7 Å². The standard InChI is InChI=1S/C15H21N5O2/c16-15(22)12-6-17-13-8-18(3-4-20(12)13)14(21)9-19-7-10-1-2-11(19)5-10/h6,10-11H,1-5,7-9H2,(H2,16,22)/t10-,11+/m1/s1. The van der Waals surface area contributed by atoms with Crippen molar-refractivity contribution in [3.63, 3.8) is 0 Å². The van der Waals surface area contributed by atoms with Gasteiger partial charge in [-0.05, 0) is 25.2 Å². The van der Waals surface area contributed by atoms with Crippen LogP contribution in [0.5, 0.6) is 0 Å². The van der Waals surface area contributed by atoms with Gasteiger partial charge >= 0.3 is 0 Å². The fraction of sp³-hybridized carbons (Fsp3) is 0.667. The summed E-state index contributed by atoms with van der Waals surface area (Å²) in [7, 11) is 0. The molecule has 7 heteroatoms. The van der Waals surface area contributed by atoms with Crippen LogP contribution >= 0.6 is 0 Å². The molecule has 2 fully saturated rings. The van der Waals surface area contributed by atoms with Crippen LogP contribution in [-0.2, 0) is 17.9 Å². The second kappa shape index (κ2) is 5.08. The zero-order valence-corrected chi connectivity index (χ0v) is 12.6. The number of hydrogen-bond donors (Lipinski definition) is 1. The molecule has 0 radical (unpaired) electrons. The minimum Gasteiger partial charge on any atom is -0.364 e. The Morgan fingerprint density at radius 2 is 2.18 bits per heavy atom. The van der Waals surface area contributed by atoms with E-state index >= 15 is 0 Å². The average Bonchev–Trinajstić information content (AvgIpc) is 3.20. The molecule has 1 saturated heterocycles. The van der Waals surface area contributed by atoms with Gasteiger partial charge in [0.25, 0.3) is 5.91 Å². The number of primary amides is 1. The number of nitrogens with two attached hydrogens (primary N) is 1. The Bertz CT molecular complexity index is 625. The maximum atomic E-state index is 12.5. The van der Waals surface area contributed by atoms with Gasteiger partial charge in [-0.2, -0.15) is 0 Å². The van der Waals surface area contributed by atoms with Crippen LogP contribution < -0.4 is 5.73 Å². The van der Waals surface area contributed by atoms with E-state index in [2.05, 4.69) is 9.88 Å². The average molecular weight is 303 g/mol. The number of fused-ring (bicyclic) bond motifs is 3. The van der Waals surface area contributed by atoms with Crippen molar-refractivity contribution in [1.82, 2.24) is 19.4 Å². The Kier molecular flexibility index (Phi) is 3.18. The van der Waals surface area contributed by atoms with Crippen LogP contribution in [0.4, 0.5) is 0 Å². The van der Waals surface area contributed by atoms with E-state index in [0.29, 0.717) is 37.9 Å². The van der Waals surface area contributed by atoms with E-state index < -0.39 is 5.91 Å². The summed E-state index contributed by atoms with van der Waals surface area (Å²) >= 11 is 0. The molecule has 0 aromatic carbocycles. The van der Waals surface area contributed by atoms with Gasteiger partial charge in [0.2, 0.25) is 5.91 Å². The molecule has 0 unspecified atom stereocenters. The lowest BCUT2D eigenvalue weighted by molar-refractivity contribution is -0.134. The molecule has 2 amide bonds. The summed E-state index contributed by atoms with van der Waals surface area (Å²) in [5, 5.41) is 0. The highest BCUT2D eigenvalue weighted by Gasteiger charge is 2.39. The lowest BCUT2D eigenvalue weighted by atomic mass is 10.1. The Morgan fingerprint density at radius 3 is 2.86 bits per heavy atom. The second-order valence-corrected chi connectivity index (χ2v) is 6.65. The minimum absolute atomic E-state index is 0.169. The maximum absolute atomic E-state index is 12.5. The van der Waals surface area contributed by atoms with Crippen molar-refractivity contribution in [3.8, 4) is 0 Å². The van der Waals surface area contributed by atoms with E-state index in [-0.39, 0.29) is 5.91 Å². The quantitative estimate of drug-likeness (QED) is 0.838. The van der Waals surface area contributed by atoms with Gasteiger partial charge in [0.05, 0.1) is 19.3 Å². The predicted octanol–water partition coefficient (Wildman–Crippen LogP) is -0.192. The van der Waals surface area contributed by atoms with E-state index in [4.69, 9.17) is 5.73 Å². The molecular weight excluding hydrogens is 282 g/mol. The molecule has 2 bridgehead atoms. The summed E-state index contributed by atoms with van der Waals surface area (Å²) in [4.78, 5) is 32.3. The molecule has 3 aliphatic rings. The number of likely N-dealkylation sites (tertiary alicyclic amines) is 1. The summed E-state index contributed by atoms with van der Waals surface area (Å²) in [6.45, 7) is 3.26. The van der Waals surface area contributed by atoms with Crippen LogP contribution in [0.25, 0.3) is 0 Å². The van der Waals surface area contributed by atoms with E-state index in [0.717, 1.165) is 18.3 Å². The van der Waals surface area contributed by atoms with Crippen LogP contribution in [0.15, 0.2) is 6.20 Å². The molecule has 4 rings (SSSR count). The number of hydrogen-bond acceptors (Lipinski definition) is 4. The summed E-state index contributed by atoms with van der Waals surface area (Å²) in [5.41, 5.74) is 5.76. The number of carbonyl (C=O) groups is 2. The Morgan fingerprint density at radius 1 is 1.32 bits per heavy atom. The number of amides is 2. The number of imidazole rings is 1. The molecule has 1 aliphatic carbocycles. The normalized spacial score (nSPS) is 27.2. The first-order valence-corrected chi connectivity index (χ1v) is 7.98. The Hall–Kier alpha value is -1.89. The predicted molar refractivity (Wildman–Crippen MR) is 78.9 cm³/mol. The highest BCUT2D eigenvalue weighted by molar-refractivity contribution is 5.91. The van der Waals surface area contributed by atoms with Crippen molar-refractivity contribution in [2.24, 2.45) is 11.7 Å². The van der Waals surface area contributed by atoms with Gasteiger partial charge in [-0.15, -0.1) is 0 Å². The van der Waals surface area contributed by atoms with Crippen molar-refractivity contribution in [3.05, 3.63) is 17.7 Å². The number of carbonyl (C=O) groups excluding carboxylic acids is 2. The van der Waals surface area contributed by atoms with Gasteiger partial charge in [0.15, 0.2) is 0 Å². The Labute approximate surface area is 129 Å². The van der Waals surface area contributed by atoms with E-state index in [1.54, 1.807) is 0 Å². The molecule has 2 N–H and O–H groups in total. The summed E-state index contributed by atoms with van der Waals surface area (Å²) in [5.74, 6) is 1.25. The van der Waals surface area contributed by atoms with Crippen molar-refractivity contribution < 1.29 is 9.59 Å². The van der Waals surface area contributed by atoms with Crippen LogP contribution in [0.3, 0.4) is 0 Å². The molecule has 2 aliphatic heterocycles. The van der Waals surface area contributed by atoms with Crippen molar-refractivity contribution in [2.75, 3.05) is 19.6 Å². The molecule has 2 atom stereocenters. The zero-order valence-electron chi connectivity index (χ0n) is 12.6. The lowest BCUT2D eigenvalue weighted by Gasteiger charge is -2.32. The summed E-state index contributed by atoms with van der Waals surface area (Å²) in [6.07, 6.45) is 5.33. The van der Waals surface area contributed by atoms with Crippen LogP contribution in [-0.4, -0.2) is 56.8 Å². The van der Waals surface area contributed by atoms with Gasteiger partial charge in [0.1, 0.15) is 11.5 Å². The van der Waals surface area contributed by atoms with Gasteiger partial charge in [-0.1, -0.05) is 0 Å². The Balaban J connectivity index is 1.41. The molecule has 0 spiro atoms. The molecule has 1 aromatic rings. The fourth-order valence-electron chi connectivity index (χ4n) is 4.16. The molecule has 3 heterocycles. The highest BCUT2D eigenvalue weighted by Crippen LogP contribution is 2.37. The highest BCUT2D eigenvalue weighted by atomic mass is 16.2. The van der Waals surface area contributed by atoms with Gasteiger partial charge < -0.3 is 15.2 Å². The van der Waals surface area contributed by atoms with Crippen molar-refractivity contribution >= 4 is 11.8 Å². The van der Waals surface area contributed by atoms with Gasteiger partial charge in [-0.3, -0.25) is 14.5 Å². The molecular formula is C15H21N5O2. The minimum atomic E-state index is -0.466. The number of piperidine rings is 1. The third-order valence-electron chi connectivity index (χ3n) is 5.33. The van der Waals surface area contributed by atoms with E-state index in [9.17, 15) is 9.59 Å². The third kappa shape index (κ3) is 2.20. The van der Waals surface area contributed by atoms with Crippen LogP contribution in [0.2, 0.25) is 0 Å². The SMILES string of the molecule is NC(=O)c1cnc2n1CCN(C(=O)CN1C[C@@H]3CC[C@H]1C3)C2. The topological polar surface area (TPSA) is 84.5 Å².